The van der Waals surface area contributed by atoms with Crippen LogP contribution >= 0.6 is 0 Å². The molecule has 1 aromatic rings. The topological polar surface area (TPSA) is 0 Å². The van der Waals surface area contributed by atoms with Gasteiger partial charge in [-0.2, -0.15) is 0 Å². The summed E-state index contributed by atoms with van der Waals surface area (Å²) in [5.41, 5.74) is 5.94. The largest absolute Gasteiger partial charge is 0.0654 e. The van der Waals surface area contributed by atoms with Gasteiger partial charge in [-0.25, -0.2) is 0 Å². The first-order valence-corrected chi connectivity index (χ1v) is 5.64. The molecule has 14 heavy (non-hydrogen) atoms. The zero-order valence-electron chi connectivity index (χ0n) is 10.1. The van der Waals surface area contributed by atoms with E-state index in [-0.39, 0.29) is 0 Å². The monoisotopic (exact) mass is 190 g/mol. The highest BCUT2D eigenvalue weighted by molar-refractivity contribution is 5.41. The summed E-state index contributed by atoms with van der Waals surface area (Å²) < 4.78 is 0. The highest BCUT2D eigenvalue weighted by Gasteiger charge is 2.11. The minimum absolute atomic E-state index is 0.708. The van der Waals surface area contributed by atoms with Gasteiger partial charge in [0, 0.05) is 0 Å². The SMILES string of the molecule is CCCC(C)c1c(C)ccc(C)c1C. The summed E-state index contributed by atoms with van der Waals surface area (Å²) in [4.78, 5) is 0. The first-order valence-electron chi connectivity index (χ1n) is 5.64. The summed E-state index contributed by atoms with van der Waals surface area (Å²) in [5.74, 6) is 0.708. The molecule has 0 saturated carbocycles. The van der Waals surface area contributed by atoms with Crippen LogP contribution < -0.4 is 0 Å². The summed E-state index contributed by atoms with van der Waals surface area (Å²) >= 11 is 0. The number of rotatable bonds is 3. The molecule has 1 rings (SSSR count). The molecule has 0 nitrogen and oxygen atoms in total. The Balaban J connectivity index is 3.11. The van der Waals surface area contributed by atoms with Crippen LogP contribution in [-0.4, -0.2) is 0 Å². The van der Waals surface area contributed by atoms with Gasteiger partial charge in [0.15, 0.2) is 0 Å². The van der Waals surface area contributed by atoms with Crippen LogP contribution in [0.5, 0.6) is 0 Å². The molecule has 1 unspecified atom stereocenters. The maximum atomic E-state index is 2.35. The predicted molar refractivity (Wildman–Crippen MR) is 64.0 cm³/mol. The second-order valence-corrected chi connectivity index (χ2v) is 4.43. The normalized spacial score (nSPS) is 12.9. The van der Waals surface area contributed by atoms with E-state index in [1.165, 1.54) is 29.5 Å². The molecule has 0 fully saturated rings. The molecular weight excluding hydrogens is 168 g/mol. The zero-order valence-corrected chi connectivity index (χ0v) is 10.1. The van der Waals surface area contributed by atoms with Gasteiger partial charge in [0.2, 0.25) is 0 Å². The number of hydrogen-bond acceptors (Lipinski definition) is 0. The summed E-state index contributed by atoms with van der Waals surface area (Å²) in [5, 5.41) is 0. The molecule has 0 radical (unpaired) electrons. The molecule has 0 aliphatic carbocycles. The Kier molecular flexibility index (Phi) is 3.74. The van der Waals surface area contributed by atoms with Gasteiger partial charge >= 0.3 is 0 Å². The standard InChI is InChI=1S/C14H22/c1-6-7-11(3)14-12(4)9-8-10(2)13(14)5/h8-9,11H,6-7H2,1-5H3. The first kappa shape index (κ1) is 11.3. The van der Waals surface area contributed by atoms with Gasteiger partial charge in [-0.15, -0.1) is 0 Å². The fourth-order valence-electron chi connectivity index (χ4n) is 2.31. The van der Waals surface area contributed by atoms with Gasteiger partial charge in [0.1, 0.15) is 0 Å². The van der Waals surface area contributed by atoms with E-state index in [2.05, 4.69) is 46.8 Å². The molecule has 0 bridgehead atoms. The highest BCUT2D eigenvalue weighted by atomic mass is 14.2. The molecule has 0 amide bonds. The van der Waals surface area contributed by atoms with Crippen LogP contribution in [-0.2, 0) is 0 Å². The molecule has 0 aromatic heterocycles. The third-order valence-corrected chi connectivity index (χ3v) is 3.22. The molecule has 0 heterocycles. The first-order chi connectivity index (χ1) is 6.57. The molecule has 0 aliphatic rings. The second kappa shape index (κ2) is 4.63. The third kappa shape index (κ3) is 2.17. The Hall–Kier alpha value is -0.780. The van der Waals surface area contributed by atoms with Gasteiger partial charge in [0.25, 0.3) is 0 Å². The van der Waals surface area contributed by atoms with E-state index in [4.69, 9.17) is 0 Å². The smallest absolute Gasteiger partial charge is 0.0185 e. The lowest BCUT2D eigenvalue weighted by Crippen LogP contribution is -2.01. The van der Waals surface area contributed by atoms with Gasteiger partial charge in [-0.05, 0) is 55.4 Å². The minimum atomic E-state index is 0.708. The Morgan fingerprint density at radius 1 is 1.07 bits per heavy atom. The number of benzene rings is 1. The van der Waals surface area contributed by atoms with Gasteiger partial charge in [-0.1, -0.05) is 32.4 Å². The lowest BCUT2D eigenvalue weighted by atomic mass is 9.87. The molecule has 0 spiro atoms. The Morgan fingerprint density at radius 3 is 2.21 bits per heavy atom. The molecular formula is C14H22. The van der Waals surface area contributed by atoms with Crippen LogP contribution in [0.25, 0.3) is 0 Å². The third-order valence-electron chi connectivity index (χ3n) is 3.22. The minimum Gasteiger partial charge on any atom is -0.0654 e. The van der Waals surface area contributed by atoms with Crippen LogP contribution in [0.3, 0.4) is 0 Å². The van der Waals surface area contributed by atoms with Gasteiger partial charge < -0.3 is 0 Å². The van der Waals surface area contributed by atoms with E-state index in [0.717, 1.165) is 0 Å². The molecule has 1 atom stereocenters. The number of aryl methyl sites for hydroxylation is 2. The molecule has 0 saturated heterocycles. The fourth-order valence-corrected chi connectivity index (χ4v) is 2.31. The zero-order chi connectivity index (χ0) is 10.7. The van der Waals surface area contributed by atoms with Crippen molar-refractivity contribution in [3.05, 3.63) is 34.4 Å². The Morgan fingerprint density at radius 2 is 1.64 bits per heavy atom. The van der Waals surface area contributed by atoms with Gasteiger partial charge in [0.05, 0.1) is 0 Å². The quantitative estimate of drug-likeness (QED) is 0.657. The summed E-state index contributed by atoms with van der Waals surface area (Å²) in [6.45, 7) is 11.3. The van der Waals surface area contributed by atoms with Crippen LogP contribution in [0.15, 0.2) is 12.1 Å². The average Bonchev–Trinajstić information content (AvgIpc) is 2.13. The van der Waals surface area contributed by atoms with Gasteiger partial charge in [-0.3, -0.25) is 0 Å². The van der Waals surface area contributed by atoms with Crippen molar-refractivity contribution in [2.24, 2.45) is 0 Å². The lowest BCUT2D eigenvalue weighted by molar-refractivity contribution is 0.657. The summed E-state index contributed by atoms with van der Waals surface area (Å²) in [6.07, 6.45) is 2.57. The van der Waals surface area contributed by atoms with E-state index in [9.17, 15) is 0 Å². The van der Waals surface area contributed by atoms with Crippen LogP contribution in [0, 0.1) is 20.8 Å². The maximum absolute atomic E-state index is 2.35. The van der Waals surface area contributed by atoms with Crippen molar-refractivity contribution in [3.63, 3.8) is 0 Å². The van der Waals surface area contributed by atoms with Crippen LogP contribution in [0.1, 0.15) is 54.9 Å². The van der Waals surface area contributed by atoms with Crippen molar-refractivity contribution in [1.29, 1.82) is 0 Å². The molecule has 0 aliphatic heterocycles. The lowest BCUT2D eigenvalue weighted by Gasteiger charge is -2.18. The second-order valence-electron chi connectivity index (χ2n) is 4.43. The van der Waals surface area contributed by atoms with E-state index >= 15 is 0 Å². The van der Waals surface area contributed by atoms with E-state index < -0.39 is 0 Å². The molecule has 78 valence electrons. The summed E-state index contributed by atoms with van der Waals surface area (Å²) in [7, 11) is 0. The van der Waals surface area contributed by atoms with Crippen molar-refractivity contribution in [2.45, 2.75) is 53.4 Å². The van der Waals surface area contributed by atoms with Crippen molar-refractivity contribution in [3.8, 4) is 0 Å². The predicted octanol–water partition coefficient (Wildman–Crippen LogP) is 4.52. The van der Waals surface area contributed by atoms with Crippen molar-refractivity contribution >= 4 is 0 Å². The Labute approximate surface area is 88.4 Å². The Bertz CT molecular complexity index is 310. The van der Waals surface area contributed by atoms with E-state index in [1.807, 2.05) is 0 Å². The highest BCUT2D eigenvalue weighted by Crippen LogP contribution is 2.28. The van der Waals surface area contributed by atoms with Crippen LogP contribution in [0.2, 0.25) is 0 Å². The van der Waals surface area contributed by atoms with Crippen molar-refractivity contribution < 1.29 is 0 Å². The van der Waals surface area contributed by atoms with E-state index in [1.54, 1.807) is 5.56 Å². The molecule has 1 aromatic carbocycles. The average molecular weight is 190 g/mol. The maximum Gasteiger partial charge on any atom is -0.0185 e. The molecule has 0 N–H and O–H groups in total. The molecule has 0 heteroatoms. The summed E-state index contributed by atoms with van der Waals surface area (Å²) in [6, 6.07) is 4.48. The van der Waals surface area contributed by atoms with Crippen molar-refractivity contribution in [2.75, 3.05) is 0 Å². The fraction of sp³-hybridized carbons (Fsp3) is 0.571. The van der Waals surface area contributed by atoms with E-state index in [0.29, 0.717) is 5.92 Å². The number of hydrogen-bond donors (Lipinski definition) is 0. The van der Waals surface area contributed by atoms with Crippen LogP contribution in [0.4, 0.5) is 0 Å². The van der Waals surface area contributed by atoms with Crippen molar-refractivity contribution in [1.82, 2.24) is 0 Å².